The standard InChI is InChI=1S/C21H22O6/c22-14-4-10-6-1-12(18(10)20(24)26-14)16-8(6)3-9-7-2-13(17(9)16)19-11(7)5-15(23)27-21(19)25/h6-13,16-19H,1-5H2. The van der Waals surface area contributed by atoms with Gasteiger partial charge < -0.3 is 9.47 Å². The van der Waals surface area contributed by atoms with Crippen LogP contribution in [0.2, 0.25) is 0 Å². The van der Waals surface area contributed by atoms with E-state index in [2.05, 4.69) is 0 Å². The van der Waals surface area contributed by atoms with Crippen molar-refractivity contribution in [3.05, 3.63) is 0 Å². The largest absolute Gasteiger partial charge is 0.393 e. The van der Waals surface area contributed by atoms with Crippen LogP contribution in [0, 0.1) is 71.0 Å². The van der Waals surface area contributed by atoms with Crippen LogP contribution in [0.3, 0.4) is 0 Å². The molecule has 2 saturated heterocycles. The Balaban J connectivity index is 1.25. The third-order valence-corrected chi connectivity index (χ3v) is 9.88. The molecular formula is C21H22O6. The topological polar surface area (TPSA) is 86.7 Å². The van der Waals surface area contributed by atoms with E-state index in [0.717, 1.165) is 19.3 Å². The quantitative estimate of drug-likeness (QED) is 0.475. The molecule has 5 saturated carbocycles. The highest BCUT2D eigenvalue weighted by Gasteiger charge is 2.73. The second-order valence-electron chi connectivity index (χ2n) is 10.2. The number of hydrogen-bond donors (Lipinski definition) is 0. The van der Waals surface area contributed by atoms with Gasteiger partial charge in [0.25, 0.3) is 0 Å². The van der Waals surface area contributed by atoms with Crippen molar-refractivity contribution in [1.29, 1.82) is 0 Å². The monoisotopic (exact) mass is 370 g/mol. The van der Waals surface area contributed by atoms with E-state index in [1.54, 1.807) is 0 Å². The molecule has 5 aliphatic carbocycles. The summed E-state index contributed by atoms with van der Waals surface area (Å²) in [5, 5.41) is 0. The third-order valence-electron chi connectivity index (χ3n) is 9.88. The Morgan fingerprint density at radius 3 is 1.37 bits per heavy atom. The van der Waals surface area contributed by atoms with E-state index in [1.165, 1.54) is 0 Å². The summed E-state index contributed by atoms with van der Waals surface area (Å²) in [7, 11) is 0. The summed E-state index contributed by atoms with van der Waals surface area (Å²) in [6, 6.07) is 0. The van der Waals surface area contributed by atoms with Crippen molar-refractivity contribution in [3.63, 3.8) is 0 Å². The second-order valence-corrected chi connectivity index (χ2v) is 10.2. The first kappa shape index (κ1) is 15.2. The zero-order chi connectivity index (χ0) is 18.2. The fourth-order valence-corrected chi connectivity index (χ4v) is 9.63. The van der Waals surface area contributed by atoms with Gasteiger partial charge in [-0.1, -0.05) is 0 Å². The Morgan fingerprint density at radius 1 is 0.519 bits per heavy atom. The highest BCUT2D eigenvalue weighted by atomic mass is 16.6. The SMILES string of the molecule is O=C1CC2C3CC(C2C(=O)O1)C1C3CC2C3CC(C4C(=O)OC(=O)CC34)C21. The molecule has 2 heterocycles. The number of carbonyl (C=O) groups is 4. The summed E-state index contributed by atoms with van der Waals surface area (Å²) >= 11 is 0. The lowest BCUT2D eigenvalue weighted by Gasteiger charge is -2.43. The molecule has 0 amide bonds. The van der Waals surface area contributed by atoms with Crippen molar-refractivity contribution in [1.82, 2.24) is 0 Å². The van der Waals surface area contributed by atoms with E-state index >= 15 is 0 Å². The Kier molecular flexibility index (Phi) is 2.61. The van der Waals surface area contributed by atoms with Crippen LogP contribution in [0.1, 0.15) is 32.1 Å². The van der Waals surface area contributed by atoms with Gasteiger partial charge in [-0.05, 0) is 78.4 Å². The van der Waals surface area contributed by atoms with Gasteiger partial charge in [0.05, 0.1) is 11.8 Å². The van der Waals surface area contributed by atoms with E-state index < -0.39 is 0 Å². The fourth-order valence-electron chi connectivity index (χ4n) is 9.63. The smallest absolute Gasteiger partial charge is 0.317 e. The zero-order valence-electron chi connectivity index (χ0n) is 14.9. The fraction of sp³-hybridized carbons (Fsp3) is 0.810. The minimum absolute atomic E-state index is 0.109. The summed E-state index contributed by atoms with van der Waals surface area (Å²) in [6.07, 6.45) is 4.05. The average Bonchev–Trinajstić information content (AvgIpc) is 3.33. The van der Waals surface area contributed by atoms with Crippen LogP contribution in [0.4, 0.5) is 0 Å². The molecule has 142 valence electrons. The highest BCUT2D eigenvalue weighted by molar-refractivity contribution is 5.91. The average molecular weight is 370 g/mol. The number of rotatable bonds is 0. The first-order valence-corrected chi connectivity index (χ1v) is 10.5. The van der Waals surface area contributed by atoms with Crippen LogP contribution in [0.25, 0.3) is 0 Å². The van der Waals surface area contributed by atoms with Crippen LogP contribution in [-0.4, -0.2) is 23.9 Å². The maximum absolute atomic E-state index is 12.5. The van der Waals surface area contributed by atoms with Gasteiger partial charge >= 0.3 is 23.9 Å². The van der Waals surface area contributed by atoms with Crippen molar-refractivity contribution in [3.8, 4) is 0 Å². The maximum atomic E-state index is 12.5. The lowest BCUT2D eigenvalue weighted by atomic mass is 9.61. The molecule has 6 nitrogen and oxygen atoms in total. The van der Waals surface area contributed by atoms with Crippen LogP contribution in [0.5, 0.6) is 0 Å². The van der Waals surface area contributed by atoms with Crippen molar-refractivity contribution in [2.45, 2.75) is 32.1 Å². The number of hydrogen-bond acceptors (Lipinski definition) is 6. The molecule has 0 spiro atoms. The van der Waals surface area contributed by atoms with Crippen LogP contribution in [-0.2, 0) is 28.7 Å². The molecule has 0 aromatic rings. The lowest BCUT2D eigenvalue weighted by Crippen LogP contribution is -2.47. The van der Waals surface area contributed by atoms with E-state index in [-0.39, 0.29) is 47.5 Å². The number of cyclic esters (lactones) is 4. The van der Waals surface area contributed by atoms with Crippen LogP contribution in [0.15, 0.2) is 0 Å². The molecule has 0 N–H and O–H groups in total. The summed E-state index contributed by atoms with van der Waals surface area (Å²) in [4.78, 5) is 48.6. The molecule has 6 heteroatoms. The van der Waals surface area contributed by atoms with Gasteiger partial charge in [-0.15, -0.1) is 0 Å². The van der Waals surface area contributed by atoms with Crippen molar-refractivity contribution >= 4 is 23.9 Å². The minimum atomic E-state index is -0.351. The first-order chi connectivity index (χ1) is 13.0. The molecule has 4 bridgehead atoms. The van der Waals surface area contributed by atoms with E-state index in [1.807, 2.05) is 0 Å². The maximum Gasteiger partial charge on any atom is 0.317 e. The predicted molar refractivity (Wildman–Crippen MR) is 87.2 cm³/mol. The zero-order valence-corrected chi connectivity index (χ0v) is 14.9. The molecule has 7 fully saturated rings. The van der Waals surface area contributed by atoms with Gasteiger partial charge in [0.15, 0.2) is 0 Å². The predicted octanol–water partition coefficient (Wildman–Crippen LogP) is 1.57. The summed E-state index contributed by atoms with van der Waals surface area (Å²) in [5.41, 5.74) is 0. The van der Waals surface area contributed by atoms with Gasteiger partial charge in [-0.25, -0.2) is 0 Å². The molecule has 27 heavy (non-hydrogen) atoms. The molecular weight excluding hydrogens is 348 g/mol. The van der Waals surface area contributed by atoms with Gasteiger partial charge in [0, 0.05) is 12.8 Å². The van der Waals surface area contributed by atoms with E-state index in [4.69, 9.17) is 9.47 Å². The molecule has 2 aliphatic heterocycles. The Morgan fingerprint density at radius 2 is 0.926 bits per heavy atom. The normalized spacial score (nSPS) is 59.3. The van der Waals surface area contributed by atoms with Crippen LogP contribution < -0.4 is 0 Å². The highest BCUT2D eigenvalue weighted by Crippen LogP contribution is 2.75. The minimum Gasteiger partial charge on any atom is -0.393 e. The molecule has 12 atom stereocenters. The third kappa shape index (κ3) is 1.62. The number of fused-ring (bicyclic) bond motifs is 17. The molecule has 7 rings (SSSR count). The summed E-state index contributed by atoms with van der Waals surface area (Å²) < 4.78 is 10.00. The number of ether oxygens (including phenoxy) is 2. The Bertz CT molecular complexity index is 751. The number of carbonyl (C=O) groups excluding carboxylic acids is 4. The van der Waals surface area contributed by atoms with Gasteiger partial charge in [0.2, 0.25) is 0 Å². The summed E-state index contributed by atoms with van der Waals surface area (Å²) in [5.74, 6) is 2.55. The van der Waals surface area contributed by atoms with Gasteiger partial charge in [-0.2, -0.15) is 0 Å². The first-order valence-electron chi connectivity index (χ1n) is 10.5. The molecule has 7 aliphatic rings. The van der Waals surface area contributed by atoms with E-state index in [0.29, 0.717) is 60.2 Å². The van der Waals surface area contributed by atoms with Crippen molar-refractivity contribution < 1.29 is 28.7 Å². The van der Waals surface area contributed by atoms with Gasteiger partial charge in [-0.3, -0.25) is 19.2 Å². The Hall–Kier alpha value is -1.72. The number of esters is 4. The molecule has 0 aromatic carbocycles. The van der Waals surface area contributed by atoms with Gasteiger partial charge in [0.1, 0.15) is 0 Å². The van der Waals surface area contributed by atoms with E-state index in [9.17, 15) is 19.2 Å². The second kappa shape index (κ2) is 4.64. The lowest BCUT2D eigenvalue weighted by molar-refractivity contribution is -0.178. The molecule has 12 unspecified atom stereocenters. The van der Waals surface area contributed by atoms with Crippen LogP contribution >= 0.6 is 0 Å². The van der Waals surface area contributed by atoms with Crippen molar-refractivity contribution in [2.24, 2.45) is 71.0 Å². The Labute approximate surface area is 156 Å². The summed E-state index contributed by atoms with van der Waals surface area (Å²) in [6.45, 7) is 0. The molecule has 0 radical (unpaired) electrons. The van der Waals surface area contributed by atoms with Crippen molar-refractivity contribution in [2.75, 3.05) is 0 Å². The molecule has 0 aromatic heterocycles.